The Balaban J connectivity index is 1.08. The third-order valence-electron chi connectivity index (χ3n) is 12.3. The second-order valence-corrected chi connectivity index (χ2v) is 15.6. The SMILES string of the molecule is CC[C@@H]1CN2c3nc(OC[C@@]45CCCN4[C@H](COc4ccnc(C(F)(F)F)n4)CC5)nc4c(F)c(-c5cccc6ccc(F)c(C)c56)nc(c34)CCC[C@@H]2CN1. The van der Waals surface area contributed by atoms with Gasteiger partial charge in [-0.15, -0.1) is 0 Å². The Labute approximate surface area is 320 Å². The molecular formula is C41H43F5N8O2. The predicted molar refractivity (Wildman–Crippen MR) is 201 cm³/mol. The van der Waals surface area contributed by atoms with Gasteiger partial charge in [-0.1, -0.05) is 31.2 Å². The molecule has 15 heteroatoms. The van der Waals surface area contributed by atoms with E-state index in [0.29, 0.717) is 46.4 Å². The van der Waals surface area contributed by atoms with E-state index in [0.717, 1.165) is 69.6 Å². The molecule has 3 aromatic heterocycles. The lowest BCUT2D eigenvalue weighted by molar-refractivity contribution is -0.145. The molecule has 4 aliphatic rings. The Kier molecular flexibility index (Phi) is 9.42. The highest BCUT2D eigenvalue weighted by Crippen LogP contribution is 2.44. The zero-order chi connectivity index (χ0) is 38.8. The minimum absolute atomic E-state index is 0.0634. The first kappa shape index (κ1) is 36.9. The van der Waals surface area contributed by atoms with Gasteiger partial charge in [0.2, 0.25) is 11.7 Å². The topological polar surface area (TPSA) is 101 Å². The summed E-state index contributed by atoms with van der Waals surface area (Å²) in [6.07, 6.45) is 2.93. The summed E-state index contributed by atoms with van der Waals surface area (Å²) >= 11 is 0. The van der Waals surface area contributed by atoms with E-state index in [2.05, 4.69) is 32.0 Å². The molecule has 5 aromatic rings. The largest absolute Gasteiger partial charge is 0.476 e. The summed E-state index contributed by atoms with van der Waals surface area (Å²) in [5.74, 6) is -1.73. The van der Waals surface area contributed by atoms with Crippen molar-refractivity contribution in [2.45, 2.75) is 95.1 Å². The normalized spacial score (nSPS) is 23.9. The molecule has 0 aliphatic carbocycles. The number of pyridine rings is 1. The average Bonchev–Trinajstić information content (AvgIpc) is 3.77. The van der Waals surface area contributed by atoms with Crippen LogP contribution in [0.25, 0.3) is 32.9 Å². The van der Waals surface area contributed by atoms with Gasteiger partial charge in [-0.25, -0.2) is 18.7 Å². The number of ether oxygens (including phenoxy) is 2. The molecule has 1 N–H and O–H groups in total. The fourth-order valence-corrected chi connectivity index (χ4v) is 9.46. The van der Waals surface area contributed by atoms with Gasteiger partial charge in [-0.3, -0.25) is 4.90 Å². The lowest BCUT2D eigenvalue weighted by Gasteiger charge is -2.42. The first-order valence-corrected chi connectivity index (χ1v) is 19.5. The smallest absolute Gasteiger partial charge is 0.451 e. The number of hydrogen-bond donors (Lipinski definition) is 1. The van der Waals surface area contributed by atoms with Crippen LogP contribution in [0, 0.1) is 18.6 Å². The lowest BCUT2D eigenvalue weighted by Crippen LogP contribution is -2.57. The van der Waals surface area contributed by atoms with Gasteiger partial charge in [0.25, 0.3) is 0 Å². The van der Waals surface area contributed by atoms with E-state index in [1.165, 1.54) is 12.1 Å². The maximum Gasteiger partial charge on any atom is 0.451 e. The van der Waals surface area contributed by atoms with Crippen molar-refractivity contribution in [3.63, 3.8) is 0 Å². The van der Waals surface area contributed by atoms with E-state index < -0.39 is 17.8 Å². The predicted octanol–water partition coefficient (Wildman–Crippen LogP) is 7.59. The number of anilines is 1. The van der Waals surface area contributed by atoms with Gasteiger partial charge in [0.1, 0.15) is 36.1 Å². The Morgan fingerprint density at radius 2 is 1.84 bits per heavy atom. The van der Waals surface area contributed by atoms with Gasteiger partial charge in [-0.05, 0) is 87.2 Å². The zero-order valence-corrected chi connectivity index (χ0v) is 31.3. The van der Waals surface area contributed by atoms with Crippen LogP contribution in [0.3, 0.4) is 0 Å². The molecule has 4 atom stereocenters. The van der Waals surface area contributed by atoms with Crippen molar-refractivity contribution < 1.29 is 31.4 Å². The molecule has 7 heterocycles. The molecule has 294 valence electrons. The van der Waals surface area contributed by atoms with Crippen LogP contribution in [0.4, 0.5) is 27.8 Å². The maximum atomic E-state index is 17.3. The Morgan fingerprint density at radius 1 is 0.964 bits per heavy atom. The summed E-state index contributed by atoms with van der Waals surface area (Å²) in [5.41, 5.74) is 1.51. The Hall–Kier alpha value is -4.76. The van der Waals surface area contributed by atoms with Crippen LogP contribution in [0.2, 0.25) is 0 Å². The van der Waals surface area contributed by atoms with E-state index >= 15 is 4.39 Å². The quantitative estimate of drug-likeness (QED) is 0.159. The molecule has 0 bridgehead atoms. The minimum Gasteiger partial charge on any atom is -0.476 e. The van der Waals surface area contributed by atoms with Crippen LogP contribution in [0.1, 0.15) is 69.0 Å². The van der Waals surface area contributed by atoms with E-state index in [9.17, 15) is 17.6 Å². The van der Waals surface area contributed by atoms with E-state index in [-0.39, 0.29) is 65.8 Å². The zero-order valence-electron chi connectivity index (χ0n) is 31.3. The van der Waals surface area contributed by atoms with Crippen LogP contribution in [0.15, 0.2) is 42.6 Å². The third kappa shape index (κ3) is 6.45. The second kappa shape index (κ2) is 14.3. The number of nitrogens with one attached hydrogen (secondary N) is 1. The first-order chi connectivity index (χ1) is 27.0. The number of rotatable bonds is 8. The van der Waals surface area contributed by atoms with Gasteiger partial charge in [0.05, 0.1) is 16.6 Å². The summed E-state index contributed by atoms with van der Waals surface area (Å²) in [6.45, 7) is 6.49. The molecule has 0 spiro atoms. The molecule has 9 rings (SSSR count). The number of alkyl halides is 3. The molecule has 0 amide bonds. The standard InChI is InChI=1S/C41H43F5N8O2/c1-3-25-20-53-26(19-48-25)8-5-10-30-33-36(34(43)35(49-30)28-9-4-7-24-11-12-29(42)23(2)32(24)28)51-39(52-37(33)53)56-22-40-15-6-18-54(40)27(13-16-40)21-55-31-14-17-47-38(50-31)41(44,45)46/h4,7,9,11-12,14,17,25-27,48H,3,5-6,8,10,13,15-16,18-22H2,1-2H3/t25-,26-,27+,40+/m1/s1. The van der Waals surface area contributed by atoms with Gasteiger partial charge < -0.3 is 19.7 Å². The fraction of sp³-hybridized carbons (Fsp3) is 0.488. The van der Waals surface area contributed by atoms with Crippen molar-refractivity contribution in [2.75, 3.05) is 37.7 Å². The number of hydrogen-bond acceptors (Lipinski definition) is 10. The number of fused-ring (bicyclic) bond motifs is 4. The number of piperazine rings is 1. The summed E-state index contributed by atoms with van der Waals surface area (Å²) in [4.78, 5) is 26.4. The van der Waals surface area contributed by atoms with Crippen molar-refractivity contribution in [1.82, 2.24) is 35.1 Å². The summed E-state index contributed by atoms with van der Waals surface area (Å²) in [7, 11) is 0. The number of benzene rings is 2. The Bertz CT molecular complexity index is 2310. The van der Waals surface area contributed by atoms with E-state index in [1.807, 2.05) is 12.1 Å². The average molecular weight is 775 g/mol. The molecular weight excluding hydrogens is 731 g/mol. The molecule has 3 fully saturated rings. The van der Waals surface area contributed by atoms with Crippen LogP contribution < -0.4 is 19.7 Å². The van der Waals surface area contributed by atoms with E-state index in [1.54, 1.807) is 19.1 Å². The number of nitrogens with zero attached hydrogens (tertiary/aromatic N) is 7. The first-order valence-electron chi connectivity index (χ1n) is 19.5. The van der Waals surface area contributed by atoms with Crippen molar-refractivity contribution in [1.29, 1.82) is 0 Å². The van der Waals surface area contributed by atoms with Crippen LogP contribution in [-0.2, 0) is 12.6 Å². The van der Waals surface area contributed by atoms with Gasteiger partial charge >= 0.3 is 12.2 Å². The molecule has 2 aromatic carbocycles. The second-order valence-electron chi connectivity index (χ2n) is 15.6. The van der Waals surface area contributed by atoms with Crippen LogP contribution in [-0.4, -0.2) is 86.3 Å². The summed E-state index contributed by atoms with van der Waals surface area (Å²) < 4.78 is 84.3. The number of aromatic nitrogens is 5. The third-order valence-corrected chi connectivity index (χ3v) is 12.3. The van der Waals surface area contributed by atoms with Crippen LogP contribution >= 0.6 is 0 Å². The van der Waals surface area contributed by atoms with Crippen molar-refractivity contribution in [2.24, 2.45) is 0 Å². The number of halogens is 5. The van der Waals surface area contributed by atoms with Crippen molar-refractivity contribution >= 4 is 27.5 Å². The highest BCUT2D eigenvalue weighted by molar-refractivity contribution is 6.01. The maximum absolute atomic E-state index is 17.3. The van der Waals surface area contributed by atoms with Crippen molar-refractivity contribution in [3.8, 4) is 23.1 Å². The summed E-state index contributed by atoms with van der Waals surface area (Å²) in [6, 6.07) is 10.3. The van der Waals surface area contributed by atoms with Gasteiger partial charge in [0, 0.05) is 49.0 Å². The monoisotopic (exact) mass is 774 g/mol. The van der Waals surface area contributed by atoms with Gasteiger partial charge in [-0.2, -0.15) is 28.1 Å². The number of aryl methyl sites for hydroxylation is 2. The van der Waals surface area contributed by atoms with Crippen molar-refractivity contribution in [3.05, 3.63) is 71.3 Å². The molecule has 0 radical (unpaired) electrons. The molecule has 0 unspecified atom stereocenters. The Morgan fingerprint density at radius 3 is 2.68 bits per heavy atom. The molecule has 4 aliphatic heterocycles. The summed E-state index contributed by atoms with van der Waals surface area (Å²) in [5, 5.41) is 5.65. The minimum atomic E-state index is -4.67. The fourth-order valence-electron chi connectivity index (χ4n) is 9.46. The van der Waals surface area contributed by atoms with Gasteiger partial charge in [0.15, 0.2) is 5.82 Å². The molecule has 0 saturated carbocycles. The highest BCUT2D eigenvalue weighted by Gasteiger charge is 2.50. The lowest BCUT2D eigenvalue weighted by atomic mass is 9.94. The molecule has 10 nitrogen and oxygen atoms in total. The van der Waals surface area contributed by atoms with E-state index in [4.69, 9.17) is 24.4 Å². The van der Waals surface area contributed by atoms with Crippen LogP contribution in [0.5, 0.6) is 11.9 Å². The highest BCUT2D eigenvalue weighted by atomic mass is 19.4. The molecule has 56 heavy (non-hydrogen) atoms. The molecule has 3 saturated heterocycles.